The smallest absolute Gasteiger partial charge is 0.227 e. The van der Waals surface area contributed by atoms with Gasteiger partial charge in [-0.05, 0) is 46.5 Å². The number of fused-ring (bicyclic) bond motifs is 2. The molecule has 250 valence electrons. The molecule has 1 saturated heterocycles. The Morgan fingerprint density at radius 2 is 1.68 bits per heavy atom. The van der Waals surface area contributed by atoms with Crippen molar-refractivity contribution < 1.29 is 28.1 Å². The molecule has 3 heterocycles. The first-order valence-corrected chi connectivity index (χ1v) is 19.2. The number of aliphatic hydroxyl groups excluding tert-OH is 1. The van der Waals surface area contributed by atoms with Gasteiger partial charge in [-0.2, -0.15) is 0 Å². The van der Waals surface area contributed by atoms with Crippen molar-refractivity contribution in [1.82, 2.24) is 15.0 Å². The van der Waals surface area contributed by atoms with Crippen LogP contribution in [0.25, 0.3) is 32.9 Å². The summed E-state index contributed by atoms with van der Waals surface area (Å²) in [6, 6.07) is 6.41. The van der Waals surface area contributed by atoms with Gasteiger partial charge in [0.2, 0.25) is 5.88 Å². The summed E-state index contributed by atoms with van der Waals surface area (Å²) < 4.78 is 49.7. The van der Waals surface area contributed by atoms with E-state index in [-0.39, 0.29) is 35.0 Å². The number of hydrogen-bond donors (Lipinski definition) is 1. The molecule has 0 aliphatic carbocycles. The van der Waals surface area contributed by atoms with Gasteiger partial charge >= 0.3 is 0 Å². The molecule has 8 nitrogen and oxygen atoms in total. The Bertz CT molecular complexity index is 1850. The highest BCUT2D eigenvalue weighted by molar-refractivity contribution is 7.98. The number of rotatable bonds is 10. The lowest BCUT2D eigenvalue weighted by atomic mass is 9.95. The van der Waals surface area contributed by atoms with Crippen LogP contribution in [0.1, 0.15) is 47.1 Å². The van der Waals surface area contributed by atoms with Crippen LogP contribution < -0.4 is 14.4 Å². The SMILES string of the molecule is COCOc1cc(-c2nc(OC)c3c(N4CC(O)C4)nc(SC)nc3c2F)c2c(C#C[Si](C(C)C)(C(C)C)C(C)C)c(F)ccc2c1. The van der Waals surface area contributed by atoms with E-state index in [1.165, 1.54) is 32.0 Å². The molecule has 1 fully saturated rings. The first kappa shape index (κ1) is 34.8. The van der Waals surface area contributed by atoms with Gasteiger partial charge in [-0.25, -0.2) is 23.7 Å². The lowest BCUT2D eigenvalue weighted by Crippen LogP contribution is -2.51. The first-order chi connectivity index (χ1) is 22.4. The molecule has 2 aromatic carbocycles. The van der Waals surface area contributed by atoms with Crippen molar-refractivity contribution in [2.75, 3.05) is 45.3 Å². The van der Waals surface area contributed by atoms with Crippen molar-refractivity contribution in [3.8, 4) is 34.4 Å². The molecule has 0 amide bonds. The second kappa shape index (κ2) is 13.9. The third-order valence-corrected chi connectivity index (χ3v) is 16.0. The molecule has 1 aliphatic rings. The second-order valence-corrected chi connectivity index (χ2v) is 19.1. The summed E-state index contributed by atoms with van der Waals surface area (Å²) in [5.41, 5.74) is 5.01. The van der Waals surface area contributed by atoms with E-state index in [4.69, 9.17) is 14.2 Å². The molecule has 0 spiro atoms. The van der Waals surface area contributed by atoms with Crippen molar-refractivity contribution in [3.63, 3.8) is 0 Å². The molecule has 0 radical (unpaired) electrons. The molecular formula is C35H42F2N4O4SSi. The van der Waals surface area contributed by atoms with Crippen LogP contribution in [0, 0.1) is 23.1 Å². The Labute approximate surface area is 280 Å². The van der Waals surface area contributed by atoms with E-state index in [1.54, 1.807) is 24.5 Å². The minimum atomic E-state index is -2.26. The highest BCUT2D eigenvalue weighted by Crippen LogP contribution is 2.44. The predicted octanol–water partition coefficient (Wildman–Crippen LogP) is 7.59. The number of hydrogen-bond acceptors (Lipinski definition) is 9. The molecule has 1 aliphatic heterocycles. The van der Waals surface area contributed by atoms with Crippen LogP contribution in [0.3, 0.4) is 0 Å². The molecule has 1 N–H and O–H groups in total. The average molecular weight is 681 g/mol. The lowest BCUT2D eigenvalue weighted by molar-refractivity contribution is 0.0512. The summed E-state index contributed by atoms with van der Waals surface area (Å²) in [6.45, 7) is 13.8. The van der Waals surface area contributed by atoms with Gasteiger partial charge in [-0.15, -0.1) is 5.54 Å². The van der Waals surface area contributed by atoms with Gasteiger partial charge in [0.05, 0.1) is 18.8 Å². The molecule has 12 heteroatoms. The highest BCUT2D eigenvalue weighted by atomic mass is 32.2. The van der Waals surface area contributed by atoms with Gasteiger partial charge in [0, 0.05) is 31.1 Å². The van der Waals surface area contributed by atoms with Gasteiger partial charge in [0.1, 0.15) is 42.1 Å². The third kappa shape index (κ3) is 6.26. The number of ether oxygens (including phenoxy) is 3. The van der Waals surface area contributed by atoms with Gasteiger partial charge < -0.3 is 24.2 Å². The number of thioether (sulfide) groups is 1. The Morgan fingerprint density at radius 1 is 1.00 bits per heavy atom. The number of pyridine rings is 1. The van der Waals surface area contributed by atoms with E-state index < -0.39 is 25.8 Å². The standard InChI is InChI=1S/C35H42F2N4O4SSi/c1-19(2)47(20(3)4,21(5)6)13-12-25-27(36)11-10-22-14-24(45-18-43-7)15-26(28(22)25)31-30(37)32-29(34(38-31)44-8)33(40-35(39-32)46-9)41-16-23(42)17-41/h10-11,14-15,19-21,23,42H,16-18H2,1-9H3. The minimum absolute atomic E-state index is 0.00818. The zero-order chi connectivity index (χ0) is 34.2. The van der Waals surface area contributed by atoms with Crippen LogP contribution in [0.5, 0.6) is 11.6 Å². The zero-order valence-electron chi connectivity index (χ0n) is 28.4. The summed E-state index contributed by atoms with van der Waals surface area (Å²) in [6.07, 6.45) is 1.29. The number of aromatic nitrogens is 3. The molecular weight excluding hydrogens is 639 g/mol. The van der Waals surface area contributed by atoms with Gasteiger partial charge in [0.25, 0.3) is 0 Å². The maximum atomic E-state index is 17.0. The predicted molar refractivity (Wildman–Crippen MR) is 187 cm³/mol. The fraction of sp³-hybridized carbons (Fsp3) is 0.457. The van der Waals surface area contributed by atoms with Gasteiger partial charge in [-0.3, -0.25) is 0 Å². The maximum Gasteiger partial charge on any atom is 0.227 e. The first-order valence-electron chi connectivity index (χ1n) is 15.7. The van der Waals surface area contributed by atoms with E-state index >= 15 is 8.78 Å². The van der Waals surface area contributed by atoms with Crippen molar-refractivity contribution in [2.45, 2.75) is 69.4 Å². The lowest BCUT2D eigenvalue weighted by Gasteiger charge is -2.38. The van der Waals surface area contributed by atoms with Crippen LogP contribution in [-0.2, 0) is 4.74 Å². The molecule has 0 saturated carbocycles. The molecule has 2 aromatic heterocycles. The molecule has 0 atom stereocenters. The number of nitrogens with zero attached hydrogens (tertiary/aromatic N) is 4. The molecule has 47 heavy (non-hydrogen) atoms. The van der Waals surface area contributed by atoms with Crippen molar-refractivity contribution >= 4 is 47.3 Å². The topological polar surface area (TPSA) is 89.8 Å². The monoisotopic (exact) mass is 680 g/mol. The Morgan fingerprint density at radius 3 is 2.26 bits per heavy atom. The average Bonchev–Trinajstić information content (AvgIpc) is 3.02. The second-order valence-electron chi connectivity index (χ2n) is 12.8. The van der Waals surface area contributed by atoms with E-state index in [2.05, 4.69) is 68.0 Å². The fourth-order valence-corrected chi connectivity index (χ4v) is 12.5. The van der Waals surface area contributed by atoms with Crippen LogP contribution >= 0.6 is 11.8 Å². The van der Waals surface area contributed by atoms with Crippen molar-refractivity contribution in [3.05, 3.63) is 41.5 Å². The Balaban J connectivity index is 1.88. The van der Waals surface area contributed by atoms with Crippen LogP contribution in [0.4, 0.5) is 14.6 Å². The normalized spacial score (nSPS) is 13.9. The number of anilines is 1. The number of benzene rings is 2. The largest absolute Gasteiger partial charge is 0.480 e. The van der Waals surface area contributed by atoms with Crippen molar-refractivity contribution in [1.29, 1.82) is 0 Å². The van der Waals surface area contributed by atoms with Gasteiger partial charge in [0.15, 0.2) is 17.8 Å². The maximum absolute atomic E-state index is 17.0. The fourth-order valence-electron chi connectivity index (χ4n) is 6.91. The molecule has 0 unspecified atom stereocenters. The number of halogens is 2. The van der Waals surface area contributed by atoms with Crippen LogP contribution in [0.2, 0.25) is 16.6 Å². The highest BCUT2D eigenvalue weighted by Gasteiger charge is 2.42. The summed E-state index contributed by atoms with van der Waals surface area (Å²) in [5, 5.41) is 11.7. The quantitative estimate of drug-likeness (QED) is 0.0599. The van der Waals surface area contributed by atoms with Gasteiger partial charge in [-0.1, -0.05) is 65.3 Å². The third-order valence-electron chi connectivity index (χ3n) is 9.16. The Kier molecular flexibility index (Phi) is 10.3. The van der Waals surface area contributed by atoms with E-state index in [1.807, 2.05) is 4.90 Å². The summed E-state index contributed by atoms with van der Waals surface area (Å²) in [4.78, 5) is 15.7. The number of aliphatic hydroxyl groups is 1. The van der Waals surface area contributed by atoms with E-state index in [0.29, 0.717) is 62.6 Å². The summed E-state index contributed by atoms with van der Waals surface area (Å²) in [5.74, 6) is 2.99. The Hall–Kier alpha value is -3.50. The molecule has 5 rings (SSSR count). The molecule has 4 aromatic rings. The number of β-amino-alcohol motifs (C(OH)–C–C–N with tert-alkyl or cyclic N) is 1. The summed E-state index contributed by atoms with van der Waals surface area (Å²) >= 11 is 1.27. The van der Waals surface area contributed by atoms with Crippen molar-refractivity contribution in [2.24, 2.45) is 0 Å². The zero-order valence-corrected chi connectivity index (χ0v) is 30.2. The minimum Gasteiger partial charge on any atom is -0.480 e. The van der Waals surface area contributed by atoms with E-state index in [0.717, 1.165) is 0 Å². The van der Waals surface area contributed by atoms with E-state index in [9.17, 15) is 5.11 Å². The van der Waals surface area contributed by atoms with Crippen LogP contribution in [0.15, 0.2) is 29.4 Å². The summed E-state index contributed by atoms with van der Waals surface area (Å²) in [7, 11) is 0.693. The number of methoxy groups -OCH3 is 2. The molecule has 0 bridgehead atoms. The van der Waals surface area contributed by atoms with Crippen LogP contribution in [-0.4, -0.2) is 74.6 Å².